The minimum Gasteiger partial charge on any atom is -0.481 e. The largest absolute Gasteiger partial charge is 0.481 e. The van der Waals surface area contributed by atoms with Gasteiger partial charge in [-0.15, -0.1) is 0 Å². The van der Waals surface area contributed by atoms with E-state index in [-0.39, 0.29) is 17.6 Å². The lowest BCUT2D eigenvalue weighted by Gasteiger charge is -2.41. The summed E-state index contributed by atoms with van der Waals surface area (Å²) < 4.78 is 23.7. The summed E-state index contributed by atoms with van der Waals surface area (Å²) in [5.41, 5.74) is -0.659. The summed E-state index contributed by atoms with van der Waals surface area (Å²) in [6.45, 7) is 7.58. The van der Waals surface area contributed by atoms with Gasteiger partial charge in [0.1, 0.15) is 0 Å². The zero-order chi connectivity index (χ0) is 14.9. The van der Waals surface area contributed by atoms with E-state index in [1.54, 1.807) is 13.8 Å². The van der Waals surface area contributed by atoms with E-state index in [4.69, 9.17) is 0 Å². The normalized spacial score (nSPS) is 22.4. The van der Waals surface area contributed by atoms with E-state index in [2.05, 4.69) is 13.8 Å². The Morgan fingerprint density at radius 2 is 1.63 bits per heavy atom. The zero-order valence-corrected chi connectivity index (χ0v) is 13.2. The monoisotopic (exact) mass is 290 g/mol. The molecule has 112 valence electrons. The van der Waals surface area contributed by atoms with Crippen LogP contribution in [0.5, 0.6) is 0 Å². The summed E-state index contributed by atoms with van der Waals surface area (Å²) in [5, 5.41) is 9.07. The highest BCUT2D eigenvalue weighted by molar-refractivity contribution is 7.91. The van der Waals surface area contributed by atoms with Crippen LogP contribution in [0.2, 0.25) is 0 Å². The topological polar surface area (TPSA) is 71.4 Å². The molecule has 1 saturated carbocycles. The van der Waals surface area contributed by atoms with Crippen LogP contribution in [0.25, 0.3) is 0 Å². The Morgan fingerprint density at radius 1 is 1.16 bits per heavy atom. The van der Waals surface area contributed by atoms with Gasteiger partial charge in [0, 0.05) is 0 Å². The summed E-state index contributed by atoms with van der Waals surface area (Å²) in [6.07, 6.45) is 3.12. The third-order valence-electron chi connectivity index (χ3n) is 4.60. The summed E-state index contributed by atoms with van der Waals surface area (Å²) in [6, 6.07) is 0. The quantitative estimate of drug-likeness (QED) is 0.845. The van der Waals surface area contributed by atoms with Gasteiger partial charge in [-0.3, -0.25) is 4.79 Å². The van der Waals surface area contributed by atoms with Gasteiger partial charge in [-0.1, -0.05) is 13.8 Å². The average molecular weight is 290 g/mol. The highest BCUT2D eigenvalue weighted by Crippen LogP contribution is 2.47. The molecule has 0 amide bonds. The number of hydrogen-bond acceptors (Lipinski definition) is 3. The van der Waals surface area contributed by atoms with Crippen LogP contribution in [0, 0.1) is 10.8 Å². The van der Waals surface area contributed by atoms with Gasteiger partial charge >= 0.3 is 5.97 Å². The van der Waals surface area contributed by atoms with Crippen LogP contribution >= 0.6 is 0 Å². The molecule has 19 heavy (non-hydrogen) atoms. The molecule has 5 heteroatoms. The van der Waals surface area contributed by atoms with Crippen molar-refractivity contribution in [1.82, 2.24) is 0 Å². The Balaban J connectivity index is 2.78. The average Bonchev–Trinajstić information content (AvgIpc) is 2.27. The molecule has 0 saturated heterocycles. The molecule has 0 aromatic heterocycles. The maximum absolute atomic E-state index is 11.9. The molecule has 0 radical (unpaired) electrons. The number of hydrogen-bond donors (Lipinski definition) is 1. The van der Waals surface area contributed by atoms with Gasteiger partial charge in [0.25, 0.3) is 0 Å². The predicted octanol–water partition coefficient (Wildman–Crippen LogP) is 2.87. The molecule has 4 nitrogen and oxygen atoms in total. The van der Waals surface area contributed by atoms with Crippen molar-refractivity contribution >= 4 is 15.8 Å². The summed E-state index contributed by atoms with van der Waals surface area (Å²) in [4.78, 5) is 11.6. The van der Waals surface area contributed by atoms with Gasteiger partial charge in [-0.2, -0.15) is 0 Å². The first-order valence-corrected chi connectivity index (χ1v) is 8.67. The first kappa shape index (κ1) is 16.5. The molecule has 0 spiro atoms. The molecule has 1 aliphatic rings. The van der Waals surface area contributed by atoms with Crippen LogP contribution < -0.4 is 0 Å². The van der Waals surface area contributed by atoms with Crippen LogP contribution in [-0.4, -0.2) is 30.5 Å². The van der Waals surface area contributed by atoms with Crippen molar-refractivity contribution in [2.45, 2.75) is 65.0 Å². The molecule has 1 aliphatic carbocycles. The molecule has 1 N–H and O–H groups in total. The van der Waals surface area contributed by atoms with Gasteiger partial charge in [0.15, 0.2) is 9.84 Å². The Bertz CT molecular complexity index is 424. The van der Waals surface area contributed by atoms with Crippen LogP contribution in [-0.2, 0) is 14.6 Å². The third-order valence-corrected chi connectivity index (χ3v) is 6.81. The van der Waals surface area contributed by atoms with Crippen molar-refractivity contribution in [1.29, 1.82) is 0 Å². The van der Waals surface area contributed by atoms with Gasteiger partial charge in [-0.05, 0) is 51.4 Å². The lowest BCUT2D eigenvalue weighted by molar-refractivity contribution is -0.152. The van der Waals surface area contributed by atoms with Crippen LogP contribution in [0.15, 0.2) is 0 Å². The molecule has 1 rings (SSSR count). The molecule has 0 bridgehead atoms. The third kappa shape index (κ3) is 3.94. The number of rotatable bonds is 5. The number of carbonyl (C=O) groups is 1. The minimum absolute atomic E-state index is 0.0165. The van der Waals surface area contributed by atoms with Crippen molar-refractivity contribution in [3.8, 4) is 0 Å². The number of carboxylic acid groups (broad SMARTS) is 1. The molecule has 0 unspecified atom stereocenters. The summed E-state index contributed by atoms with van der Waals surface area (Å²) >= 11 is 0. The second-order valence-electron chi connectivity index (χ2n) is 6.92. The van der Waals surface area contributed by atoms with Gasteiger partial charge in [-0.25, -0.2) is 8.42 Å². The van der Waals surface area contributed by atoms with Crippen molar-refractivity contribution < 1.29 is 18.3 Å². The fourth-order valence-corrected chi connectivity index (χ4v) is 3.70. The van der Waals surface area contributed by atoms with E-state index >= 15 is 0 Å². The number of aliphatic carboxylic acids is 1. The van der Waals surface area contributed by atoms with Crippen molar-refractivity contribution in [2.24, 2.45) is 10.8 Å². The number of carboxylic acids is 1. The Hall–Kier alpha value is -0.580. The predicted molar refractivity (Wildman–Crippen MR) is 75.9 cm³/mol. The smallest absolute Gasteiger partial charge is 0.309 e. The second-order valence-corrected chi connectivity index (χ2v) is 9.59. The number of sulfone groups is 1. The van der Waals surface area contributed by atoms with Gasteiger partial charge in [0.05, 0.1) is 16.4 Å². The summed E-state index contributed by atoms with van der Waals surface area (Å²) in [5.74, 6) is -0.848. The second kappa shape index (κ2) is 5.43. The van der Waals surface area contributed by atoms with Gasteiger partial charge < -0.3 is 5.11 Å². The first-order chi connectivity index (χ1) is 8.51. The van der Waals surface area contributed by atoms with Crippen LogP contribution in [0.1, 0.15) is 59.8 Å². The Kier molecular flexibility index (Phi) is 4.71. The molecule has 0 atom stereocenters. The lowest BCUT2D eigenvalue weighted by atomic mass is 9.64. The molecule has 0 aromatic carbocycles. The molecular weight excluding hydrogens is 264 g/mol. The van der Waals surface area contributed by atoms with E-state index in [1.807, 2.05) is 0 Å². The van der Waals surface area contributed by atoms with Crippen molar-refractivity contribution in [3.05, 3.63) is 0 Å². The van der Waals surface area contributed by atoms with Crippen LogP contribution in [0.3, 0.4) is 0 Å². The van der Waals surface area contributed by atoms with E-state index in [0.717, 1.165) is 12.8 Å². The van der Waals surface area contributed by atoms with Crippen LogP contribution in [0.4, 0.5) is 0 Å². The van der Waals surface area contributed by atoms with Crippen molar-refractivity contribution in [3.63, 3.8) is 0 Å². The van der Waals surface area contributed by atoms with Gasteiger partial charge in [0.2, 0.25) is 0 Å². The molecule has 0 heterocycles. The fraction of sp³-hybridized carbons (Fsp3) is 0.929. The molecule has 1 fully saturated rings. The molecular formula is C14H26O4S. The summed E-state index contributed by atoms with van der Waals surface area (Å²) in [7, 11) is -3.16. The van der Waals surface area contributed by atoms with E-state index in [0.29, 0.717) is 12.8 Å². The fourth-order valence-electron chi connectivity index (χ4n) is 2.55. The Morgan fingerprint density at radius 3 is 2.00 bits per heavy atom. The molecule has 0 aromatic rings. The van der Waals surface area contributed by atoms with E-state index in [9.17, 15) is 18.3 Å². The zero-order valence-electron chi connectivity index (χ0n) is 12.4. The van der Waals surface area contributed by atoms with Crippen molar-refractivity contribution in [2.75, 3.05) is 5.75 Å². The standard InChI is InChI=1S/C14H26O4S/c1-11(2)19(17,18)10-9-14(12(15)16)7-5-13(3,4)6-8-14/h11H,5-10H2,1-4H3,(H,15,16). The highest BCUT2D eigenvalue weighted by Gasteiger charge is 2.44. The maximum Gasteiger partial charge on any atom is 0.309 e. The maximum atomic E-state index is 11.9. The highest BCUT2D eigenvalue weighted by atomic mass is 32.2. The lowest BCUT2D eigenvalue weighted by Crippen LogP contribution is -2.39. The SMILES string of the molecule is CC(C)S(=O)(=O)CCC1(C(=O)O)CCC(C)(C)CC1. The first-order valence-electron chi connectivity index (χ1n) is 6.96. The Labute approximate surface area is 116 Å². The molecule has 0 aliphatic heterocycles. The van der Waals surface area contributed by atoms with E-state index in [1.165, 1.54) is 0 Å². The van der Waals surface area contributed by atoms with E-state index < -0.39 is 26.5 Å². The minimum atomic E-state index is -3.16.